The zero-order valence-corrected chi connectivity index (χ0v) is 10.8. The second kappa shape index (κ2) is 5.01. The van der Waals surface area contributed by atoms with E-state index in [1.807, 2.05) is 6.92 Å². The summed E-state index contributed by atoms with van der Waals surface area (Å²) in [5, 5.41) is 0.711. The van der Waals surface area contributed by atoms with Crippen LogP contribution in [0, 0.1) is 0 Å². The minimum Gasteiger partial charge on any atom is -0.493 e. The fourth-order valence-corrected chi connectivity index (χ4v) is 1.82. The van der Waals surface area contributed by atoms with Crippen LogP contribution in [0.5, 0.6) is 11.5 Å². The molecule has 2 rings (SSSR count). The van der Waals surface area contributed by atoms with Gasteiger partial charge in [0.1, 0.15) is 5.82 Å². The predicted molar refractivity (Wildman–Crippen MR) is 72.4 cm³/mol. The van der Waals surface area contributed by atoms with E-state index in [-0.39, 0.29) is 11.4 Å². The van der Waals surface area contributed by atoms with Crippen molar-refractivity contribution in [2.75, 3.05) is 19.5 Å². The number of aromatic nitrogens is 1. The molecule has 2 aromatic rings. The molecule has 0 aliphatic heterocycles. The van der Waals surface area contributed by atoms with E-state index in [2.05, 4.69) is 4.98 Å². The number of primary amides is 1. The van der Waals surface area contributed by atoms with Crippen LogP contribution < -0.4 is 20.9 Å². The predicted octanol–water partition coefficient (Wildman–Crippen LogP) is 1.32. The van der Waals surface area contributed by atoms with Gasteiger partial charge in [-0.25, -0.2) is 4.98 Å². The molecule has 19 heavy (non-hydrogen) atoms. The van der Waals surface area contributed by atoms with Crippen LogP contribution in [-0.2, 0) is 0 Å². The highest BCUT2D eigenvalue weighted by atomic mass is 16.5. The normalized spacial score (nSPS) is 10.4. The Balaban J connectivity index is 2.67. The number of nitrogens with zero attached hydrogens (tertiary/aromatic N) is 1. The van der Waals surface area contributed by atoms with Gasteiger partial charge in [0.05, 0.1) is 24.8 Å². The summed E-state index contributed by atoms with van der Waals surface area (Å²) in [6, 6.07) is 5.05. The first kappa shape index (κ1) is 12.9. The van der Waals surface area contributed by atoms with E-state index in [1.54, 1.807) is 25.3 Å². The van der Waals surface area contributed by atoms with Crippen LogP contribution in [0.1, 0.15) is 17.3 Å². The molecule has 1 aromatic carbocycles. The van der Waals surface area contributed by atoms with Crippen molar-refractivity contribution >= 4 is 22.6 Å². The molecular formula is C13H15N3O3. The molecule has 0 aliphatic carbocycles. The summed E-state index contributed by atoms with van der Waals surface area (Å²) < 4.78 is 10.7. The molecule has 6 nitrogen and oxygen atoms in total. The highest BCUT2D eigenvalue weighted by Crippen LogP contribution is 2.32. The lowest BCUT2D eigenvalue weighted by Crippen LogP contribution is -2.14. The maximum Gasteiger partial charge on any atom is 0.252 e. The highest BCUT2D eigenvalue weighted by molar-refractivity contribution is 6.01. The van der Waals surface area contributed by atoms with Gasteiger partial charge in [-0.3, -0.25) is 4.79 Å². The Morgan fingerprint density at radius 3 is 2.63 bits per heavy atom. The van der Waals surface area contributed by atoms with Gasteiger partial charge in [-0.05, 0) is 19.1 Å². The Labute approximate surface area is 110 Å². The molecule has 100 valence electrons. The first-order valence-electron chi connectivity index (χ1n) is 5.77. The molecule has 6 heteroatoms. The minimum atomic E-state index is -0.611. The van der Waals surface area contributed by atoms with Gasteiger partial charge in [0.2, 0.25) is 0 Å². The number of nitrogen functional groups attached to an aromatic ring is 1. The first-order chi connectivity index (χ1) is 9.06. The van der Waals surface area contributed by atoms with Crippen LogP contribution in [0.4, 0.5) is 5.82 Å². The zero-order valence-electron chi connectivity index (χ0n) is 10.8. The number of carbonyl (C=O) groups is 1. The molecule has 0 saturated carbocycles. The van der Waals surface area contributed by atoms with Gasteiger partial charge in [-0.1, -0.05) is 0 Å². The number of carbonyl (C=O) groups excluding carboxylic acids is 1. The summed E-state index contributed by atoms with van der Waals surface area (Å²) in [6.07, 6.45) is 0. The number of amides is 1. The van der Waals surface area contributed by atoms with Crippen LogP contribution in [0.15, 0.2) is 18.2 Å². The van der Waals surface area contributed by atoms with E-state index in [0.717, 1.165) is 0 Å². The third-order valence-electron chi connectivity index (χ3n) is 2.69. The maximum atomic E-state index is 11.2. The first-order valence-corrected chi connectivity index (χ1v) is 5.77. The molecule has 0 aliphatic rings. The van der Waals surface area contributed by atoms with Gasteiger partial charge < -0.3 is 20.9 Å². The fourth-order valence-electron chi connectivity index (χ4n) is 1.82. The van der Waals surface area contributed by atoms with Crippen molar-refractivity contribution in [2.24, 2.45) is 5.73 Å². The lowest BCUT2D eigenvalue weighted by atomic mass is 10.1. The van der Waals surface area contributed by atoms with Crippen molar-refractivity contribution in [1.82, 2.24) is 4.98 Å². The molecular weight excluding hydrogens is 246 g/mol. The van der Waals surface area contributed by atoms with Crippen molar-refractivity contribution in [3.05, 3.63) is 23.8 Å². The smallest absolute Gasteiger partial charge is 0.252 e. The molecule has 0 spiro atoms. The Morgan fingerprint density at radius 1 is 1.32 bits per heavy atom. The lowest BCUT2D eigenvalue weighted by molar-refractivity contribution is 0.100. The van der Waals surface area contributed by atoms with Crippen LogP contribution in [0.3, 0.4) is 0 Å². The lowest BCUT2D eigenvalue weighted by Gasteiger charge is -2.11. The molecule has 0 atom stereocenters. The summed E-state index contributed by atoms with van der Waals surface area (Å²) in [4.78, 5) is 15.4. The second-order valence-corrected chi connectivity index (χ2v) is 3.91. The van der Waals surface area contributed by atoms with Crippen LogP contribution in [-0.4, -0.2) is 24.6 Å². The zero-order chi connectivity index (χ0) is 14.0. The number of nitrogens with two attached hydrogens (primary N) is 2. The maximum absolute atomic E-state index is 11.2. The van der Waals surface area contributed by atoms with Crippen LogP contribution in [0.2, 0.25) is 0 Å². The topological polar surface area (TPSA) is 100 Å². The van der Waals surface area contributed by atoms with E-state index in [4.69, 9.17) is 20.9 Å². The van der Waals surface area contributed by atoms with Gasteiger partial charge >= 0.3 is 0 Å². The second-order valence-electron chi connectivity index (χ2n) is 3.91. The summed E-state index contributed by atoms with van der Waals surface area (Å²) in [5.41, 5.74) is 11.7. The van der Waals surface area contributed by atoms with Gasteiger partial charge in [-0.2, -0.15) is 0 Å². The van der Waals surface area contributed by atoms with Crippen molar-refractivity contribution in [3.63, 3.8) is 0 Å². The molecule has 4 N–H and O–H groups in total. The summed E-state index contributed by atoms with van der Waals surface area (Å²) >= 11 is 0. The number of ether oxygens (including phenoxy) is 2. The minimum absolute atomic E-state index is 0.104. The van der Waals surface area contributed by atoms with E-state index in [1.165, 1.54) is 0 Å². The number of benzene rings is 1. The van der Waals surface area contributed by atoms with Crippen molar-refractivity contribution < 1.29 is 14.3 Å². The summed E-state index contributed by atoms with van der Waals surface area (Å²) in [7, 11) is 1.55. The number of methoxy groups -OCH3 is 1. The Bertz CT molecular complexity index is 641. The van der Waals surface area contributed by atoms with E-state index in [9.17, 15) is 4.79 Å². The van der Waals surface area contributed by atoms with E-state index in [0.29, 0.717) is 29.0 Å². The molecule has 0 radical (unpaired) electrons. The SMILES string of the molecule is CCOc1cc2nc(N)c(C(N)=O)cc2cc1OC. The van der Waals surface area contributed by atoms with E-state index >= 15 is 0 Å². The van der Waals surface area contributed by atoms with Gasteiger partial charge in [0.15, 0.2) is 11.5 Å². The van der Waals surface area contributed by atoms with Gasteiger partial charge in [0, 0.05) is 11.5 Å². The van der Waals surface area contributed by atoms with Gasteiger partial charge in [-0.15, -0.1) is 0 Å². The largest absolute Gasteiger partial charge is 0.493 e. The molecule has 0 unspecified atom stereocenters. The highest BCUT2D eigenvalue weighted by Gasteiger charge is 2.12. The monoisotopic (exact) mass is 261 g/mol. The summed E-state index contributed by atoms with van der Waals surface area (Å²) in [6.45, 7) is 2.39. The number of anilines is 1. The molecule has 1 heterocycles. The Kier molecular flexibility index (Phi) is 3.41. The third-order valence-corrected chi connectivity index (χ3v) is 2.69. The van der Waals surface area contributed by atoms with Gasteiger partial charge in [0.25, 0.3) is 5.91 Å². The van der Waals surface area contributed by atoms with Crippen molar-refractivity contribution in [1.29, 1.82) is 0 Å². The number of hydrogen-bond donors (Lipinski definition) is 2. The molecule has 1 amide bonds. The van der Waals surface area contributed by atoms with E-state index < -0.39 is 5.91 Å². The molecule has 1 aromatic heterocycles. The van der Waals surface area contributed by atoms with Crippen LogP contribution >= 0.6 is 0 Å². The van der Waals surface area contributed by atoms with Crippen molar-refractivity contribution in [2.45, 2.75) is 6.92 Å². The number of fused-ring (bicyclic) bond motifs is 1. The molecule has 0 fully saturated rings. The Morgan fingerprint density at radius 2 is 2.05 bits per heavy atom. The average molecular weight is 261 g/mol. The molecule has 0 bridgehead atoms. The third kappa shape index (κ3) is 2.37. The number of pyridine rings is 1. The number of hydrogen-bond acceptors (Lipinski definition) is 5. The fraction of sp³-hybridized carbons (Fsp3) is 0.231. The average Bonchev–Trinajstić information content (AvgIpc) is 2.37. The standard InChI is InChI=1S/C13H15N3O3/c1-3-19-11-6-9-7(5-10(11)18-2)4-8(13(15)17)12(14)16-9/h4-6H,3H2,1-2H3,(H2,14,16)(H2,15,17). The quantitative estimate of drug-likeness (QED) is 0.864. The van der Waals surface area contributed by atoms with Crippen molar-refractivity contribution in [3.8, 4) is 11.5 Å². The van der Waals surface area contributed by atoms with Crippen LogP contribution in [0.25, 0.3) is 10.9 Å². The number of rotatable bonds is 4. The summed E-state index contributed by atoms with van der Waals surface area (Å²) in [5.74, 6) is 0.639. The Hall–Kier alpha value is -2.50. The molecule has 0 saturated heterocycles.